The van der Waals surface area contributed by atoms with Crippen LogP contribution in [-0.4, -0.2) is 7.11 Å². The Morgan fingerprint density at radius 3 is 2.21 bits per heavy atom. The molecule has 0 saturated carbocycles. The molecule has 0 aliphatic carbocycles. The van der Waals surface area contributed by atoms with Crippen LogP contribution in [0.2, 0.25) is 0 Å². The maximum absolute atomic E-state index is 13.5. The first-order chi connectivity index (χ1) is 6.36. The molecular weight excluding hydrogens is 179 g/mol. The zero-order valence-electron chi connectivity index (χ0n) is 9.44. The number of ether oxygens (including phenoxy) is 1. The molecule has 0 saturated heterocycles. The van der Waals surface area contributed by atoms with Gasteiger partial charge in [0.25, 0.3) is 0 Å². The van der Waals surface area contributed by atoms with Gasteiger partial charge in [-0.25, -0.2) is 4.39 Å². The van der Waals surface area contributed by atoms with Crippen molar-refractivity contribution in [3.05, 3.63) is 29.1 Å². The van der Waals surface area contributed by atoms with Crippen molar-refractivity contribution in [3.63, 3.8) is 0 Å². The first-order valence-electron chi connectivity index (χ1n) is 4.71. The van der Waals surface area contributed by atoms with E-state index in [4.69, 9.17) is 4.74 Å². The summed E-state index contributed by atoms with van der Waals surface area (Å²) in [7, 11) is 1.56. The molecule has 0 atom stereocenters. The van der Waals surface area contributed by atoms with Gasteiger partial charge in [0, 0.05) is 5.56 Å². The van der Waals surface area contributed by atoms with Crippen LogP contribution in [0, 0.1) is 12.7 Å². The van der Waals surface area contributed by atoms with Gasteiger partial charge in [-0.05, 0) is 30.0 Å². The van der Waals surface area contributed by atoms with Gasteiger partial charge in [0.05, 0.1) is 7.11 Å². The monoisotopic (exact) mass is 196 g/mol. The fraction of sp³-hybridized carbons (Fsp3) is 0.500. The second kappa shape index (κ2) is 3.60. The lowest BCUT2D eigenvalue weighted by molar-refractivity contribution is 0.404. The third-order valence-corrected chi connectivity index (χ3v) is 2.38. The Balaban J connectivity index is 3.30. The number of hydrogen-bond acceptors (Lipinski definition) is 1. The van der Waals surface area contributed by atoms with Crippen molar-refractivity contribution in [2.75, 3.05) is 7.11 Å². The van der Waals surface area contributed by atoms with Crippen LogP contribution in [0.25, 0.3) is 0 Å². The highest BCUT2D eigenvalue weighted by atomic mass is 19.1. The molecule has 14 heavy (non-hydrogen) atoms. The highest BCUT2D eigenvalue weighted by Gasteiger charge is 2.17. The number of benzene rings is 1. The zero-order chi connectivity index (χ0) is 10.9. The van der Waals surface area contributed by atoms with Gasteiger partial charge in [-0.15, -0.1) is 0 Å². The SMILES string of the molecule is COc1cc(C(C)(C)C)cc(F)c1C. The van der Waals surface area contributed by atoms with Crippen molar-refractivity contribution in [3.8, 4) is 5.75 Å². The van der Waals surface area contributed by atoms with Crippen molar-refractivity contribution >= 4 is 0 Å². The molecule has 1 aromatic carbocycles. The van der Waals surface area contributed by atoms with E-state index >= 15 is 0 Å². The first-order valence-corrected chi connectivity index (χ1v) is 4.71. The van der Waals surface area contributed by atoms with E-state index < -0.39 is 0 Å². The molecule has 0 unspecified atom stereocenters. The topological polar surface area (TPSA) is 9.23 Å². The van der Waals surface area contributed by atoms with Crippen molar-refractivity contribution in [1.82, 2.24) is 0 Å². The van der Waals surface area contributed by atoms with Gasteiger partial charge in [0.1, 0.15) is 11.6 Å². The summed E-state index contributed by atoms with van der Waals surface area (Å²) in [4.78, 5) is 0. The zero-order valence-corrected chi connectivity index (χ0v) is 9.44. The average Bonchev–Trinajstić information content (AvgIpc) is 2.07. The van der Waals surface area contributed by atoms with Gasteiger partial charge in [-0.3, -0.25) is 0 Å². The van der Waals surface area contributed by atoms with Gasteiger partial charge in [0.2, 0.25) is 0 Å². The van der Waals surface area contributed by atoms with Crippen LogP contribution in [0.3, 0.4) is 0 Å². The predicted molar refractivity (Wildman–Crippen MR) is 56.4 cm³/mol. The van der Waals surface area contributed by atoms with Crippen molar-refractivity contribution < 1.29 is 9.13 Å². The van der Waals surface area contributed by atoms with E-state index in [0.29, 0.717) is 11.3 Å². The van der Waals surface area contributed by atoms with Crippen molar-refractivity contribution in [2.45, 2.75) is 33.1 Å². The van der Waals surface area contributed by atoms with E-state index in [1.54, 1.807) is 20.1 Å². The molecule has 0 aromatic heterocycles. The summed E-state index contributed by atoms with van der Waals surface area (Å²) in [6.45, 7) is 7.88. The molecule has 0 aliphatic heterocycles. The third-order valence-electron chi connectivity index (χ3n) is 2.38. The molecule has 0 heterocycles. The molecule has 0 aliphatic rings. The lowest BCUT2D eigenvalue weighted by Gasteiger charge is -2.20. The van der Waals surface area contributed by atoms with E-state index in [2.05, 4.69) is 20.8 Å². The summed E-state index contributed by atoms with van der Waals surface area (Å²) in [6.07, 6.45) is 0. The van der Waals surface area contributed by atoms with Crippen molar-refractivity contribution in [1.29, 1.82) is 0 Å². The summed E-state index contributed by atoms with van der Waals surface area (Å²) < 4.78 is 18.6. The average molecular weight is 196 g/mol. The molecule has 0 bridgehead atoms. The summed E-state index contributed by atoms with van der Waals surface area (Å²) in [5.41, 5.74) is 1.47. The molecule has 0 radical (unpaired) electrons. The Morgan fingerprint density at radius 1 is 1.21 bits per heavy atom. The number of hydrogen-bond donors (Lipinski definition) is 0. The molecule has 0 amide bonds. The van der Waals surface area contributed by atoms with Crippen LogP contribution >= 0.6 is 0 Å². The molecule has 78 valence electrons. The van der Waals surface area contributed by atoms with Gasteiger partial charge < -0.3 is 4.74 Å². The standard InChI is InChI=1S/C12H17FO/c1-8-10(13)6-9(12(2,3)4)7-11(8)14-5/h6-7H,1-5H3. The van der Waals surface area contributed by atoms with E-state index in [0.717, 1.165) is 5.56 Å². The highest BCUT2D eigenvalue weighted by molar-refractivity contribution is 5.40. The maximum atomic E-state index is 13.5. The van der Waals surface area contributed by atoms with Crippen LogP contribution in [0.15, 0.2) is 12.1 Å². The largest absolute Gasteiger partial charge is 0.496 e. The molecule has 2 heteroatoms. The number of methoxy groups -OCH3 is 1. The highest BCUT2D eigenvalue weighted by Crippen LogP contribution is 2.29. The smallest absolute Gasteiger partial charge is 0.130 e. The van der Waals surface area contributed by atoms with Crippen LogP contribution in [0.1, 0.15) is 31.9 Å². The Hall–Kier alpha value is -1.05. The second-order valence-corrected chi connectivity index (χ2v) is 4.54. The number of rotatable bonds is 1. The van der Waals surface area contributed by atoms with E-state index in [-0.39, 0.29) is 11.2 Å². The molecule has 1 nitrogen and oxygen atoms in total. The minimum Gasteiger partial charge on any atom is -0.496 e. The predicted octanol–water partition coefficient (Wildman–Crippen LogP) is 3.44. The summed E-state index contributed by atoms with van der Waals surface area (Å²) in [6, 6.07) is 3.48. The van der Waals surface area contributed by atoms with Crippen LogP contribution < -0.4 is 4.74 Å². The fourth-order valence-corrected chi connectivity index (χ4v) is 1.30. The molecule has 1 rings (SSSR count). The number of halogens is 1. The van der Waals surface area contributed by atoms with Gasteiger partial charge in [-0.2, -0.15) is 0 Å². The Bertz CT molecular complexity index is 337. The lowest BCUT2D eigenvalue weighted by Crippen LogP contribution is -2.12. The maximum Gasteiger partial charge on any atom is 0.130 e. The molecule has 0 spiro atoms. The van der Waals surface area contributed by atoms with Gasteiger partial charge >= 0.3 is 0 Å². The molecule has 0 fully saturated rings. The van der Waals surface area contributed by atoms with Crippen LogP contribution in [0.5, 0.6) is 5.75 Å². The Labute approximate surface area is 84.9 Å². The second-order valence-electron chi connectivity index (χ2n) is 4.54. The lowest BCUT2D eigenvalue weighted by atomic mass is 9.86. The van der Waals surface area contributed by atoms with E-state index in [1.165, 1.54) is 0 Å². The molecule has 1 aromatic rings. The molecular formula is C12H17FO. The van der Waals surface area contributed by atoms with Crippen LogP contribution in [-0.2, 0) is 5.41 Å². The molecule has 0 N–H and O–H groups in total. The summed E-state index contributed by atoms with van der Waals surface area (Å²) in [5.74, 6) is 0.421. The Kier molecular flexibility index (Phi) is 2.84. The minimum atomic E-state index is -0.200. The normalized spacial score (nSPS) is 11.6. The summed E-state index contributed by atoms with van der Waals surface area (Å²) >= 11 is 0. The fourth-order valence-electron chi connectivity index (χ4n) is 1.30. The van der Waals surface area contributed by atoms with E-state index in [1.807, 2.05) is 6.07 Å². The summed E-state index contributed by atoms with van der Waals surface area (Å²) in [5, 5.41) is 0. The van der Waals surface area contributed by atoms with Gasteiger partial charge in [0.15, 0.2) is 0 Å². The first kappa shape index (κ1) is 11.0. The Morgan fingerprint density at radius 2 is 1.79 bits per heavy atom. The van der Waals surface area contributed by atoms with Gasteiger partial charge in [-0.1, -0.05) is 20.8 Å². The van der Waals surface area contributed by atoms with Crippen molar-refractivity contribution in [2.24, 2.45) is 0 Å². The minimum absolute atomic E-state index is 0.0537. The van der Waals surface area contributed by atoms with Crippen LogP contribution in [0.4, 0.5) is 4.39 Å². The van der Waals surface area contributed by atoms with E-state index in [9.17, 15) is 4.39 Å². The third kappa shape index (κ3) is 2.06. The quantitative estimate of drug-likeness (QED) is 0.668.